The number of carbonyl (C=O) groups excluding carboxylic acids is 1. The van der Waals surface area contributed by atoms with Crippen LogP contribution in [0.2, 0.25) is 0 Å². The van der Waals surface area contributed by atoms with Gasteiger partial charge in [0.15, 0.2) is 0 Å². The number of piperazine rings is 1. The molecule has 1 fully saturated rings. The summed E-state index contributed by atoms with van der Waals surface area (Å²) in [5.74, 6) is 3.14. The number of nitrogen functional groups attached to an aromatic ring is 1. The number of aldehydes is 1. The van der Waals surface area contributed by atoms with Gasteiger partial charge >= 0.3 is 0 Å². The molecule has 1 aromatic carbocycles. The topological polar surface area (TPSA) is 97.5 Å². The fourth-order valence-corrected chi connectivity index (χ4v) is 2.88. The monoisotopic (exact) mass is 394 g/mol. The zero-order valence-corrected chi connectivity index (χ0v) is 16.3. The number of anilines is 3. The molecule has 0 spiro atoms. The number of nitrogens with zero attached hydrogens (tertiary/aromatic N) is 5. The van der Waals surface area contributed by atoms with Crippen LogP contribution in [-0.2, 0) is 0 Å². The van der Waals surface area contributed by atoms with E-state index in [4.69, 9.17) is 10.5 Å². The minimum atomic E-state index is 0. The maximum Gasteiger partial charge on any atom is 0.150 e. The van der Waals surface area contributed by atoms with E-state index in [-0.39, 0.29) is 1.43 Å². The zero-order chi connectivity index (χ0) is 20.5. The van der Waals surface area contributed by atoms with Crippen LogP contribution >= 0.6 is 0 Å². The number of rotatable bonds is 4. The number of benzene rings is 1. The van der Waals surface area contributed by atoms with Gasteiger partial charge in [-0.25, -0.2) is 15.0 Å². The summed E-state index contributed by atoms with van der Waals surface area (Å²) in [6, 6.07) is 12.9. The second-order valence-corrected chi connectivity index (χ2v) is 6.35. The number of ether oxygens (including phenoxy) is 1. The van der Waals surface area contributed by atoms with Crippen molar-refractivity contribution in [2.75, 3.05) is 48.8 Å². The lowest BCUT2D eigenvalue weighted by Gasteiger charge is -2.35. The van der Waals surface area contributed by atoms with E-state index in [1.165, 1.54) is 0 Å². The van der Waals surface area contributed by atoms with Gasteiger partial charge in [0.25, 0.3) is 0 Å². The van der Waals surface area contributed by atoms with E-state index in [2.05, 4.69) is 24.8 Å². The molecule has 0 saturated carbocycles. The van der Waals surface area contributed by atoms with Crippen LogP contribution in [0, 0.1) is 0 Å². The fourth-order valence-electron chi connectivity index (χ4n) is 2.88. The normalized spacial score (nSPS) is 13.3. The molecule has 1 aliphatic heterocycles. The first kappa shape index (κ1) is 20.1. The maximum absolute atomic E-state index is 10.2. The number of pyridine rings is 1. The van der Waals surface area contributed by atoms with Gasteiger partial charge in [0.1, 0.15) is 29.5 Å². The third kappa shape index (κ3) is 5.65. The minimum Gasteiger partial charge on any atom is -0.497 e. The SMILES string of the molecule is COc1ccc(C=O)cc1.Nc1cnc(N2CCN(c3ccccn3)CC2)cn1.[HH]. The fraction of sp³-hybridized carbons (Fsp3) is 0.238. The van der Waals surface area contributed by atoms with Crippen LogP contribution in [-0.4, -0.2) is 54.5 Å². The molecule has 0 aliphatic carbocycles. The minimum absolute atomic E-state index is 0. The smallest absolute Gasteiger partial charge is 0.150 e. The summed E-state index contributed by atoms with van der Waals surface area (Å²) in [5.41, 5.74) is 6.21. The molecule has 0 amide bonds. The molecule has 0 bridgehead atoms. The molecule has 3 aromatic rings. The Bertz CT molecular complexity index is 886. The van der Waals surface area contributed by atoms with Gasteiger partial charge in [0.2, 0.25) is 0 Å². The van der Waals surface area contributed by atoms with Gasteiger partial charge in [-0.05, 0) is 36.4 Å². The van der Waals surface area contributed by atoms with Crippen LogP contribution in [0.1, 0.15) is 11.8 Å². The van der Waals surface area contributed by atoms with Crippen molar-refractivity contribution in [1.82, 2.24) is 15.0 Å². The van der Waals surface area contributed by atoms with Gasteiger partial charge in [0.05, 0.1) is 19.5 Å². The van der Waals surface area contributed by atoms with E-state index in [9.17, 15) is 4.79 Å². The summed E-state index contributed by atoms with van der Waals surface area (Å²) in [7, 11) is 1.59. The number of methoxy groups -OCH3 is 1. The molecule has 2 aromatic heterocycles. The van der Waals surface area contributed by atoms with Crippen molar-refractivity contribution >= 4 is 23.7 Å². The quantitative estimate of drug-likeness (QED) is 0.674. The predicted molar refractivity (Wildman–Crippen MR) is 116 cm³/mol. The van der Waals surface area contributed by atoms with Gasteiger partial charge in [-0.15, -0.1) is 0 Å². The van der Waals surface area contributed by atoms with Crippen LogP contribution in [0.15, 0.2) is 61.1 Å². The molecule has 4 rings (SSSR count). The number of carbonyl (C=O) groups is 1. The second kappa shape index (κ2) is 10.0. The first-order valence-electron chi connectivity index (χ1n) is 9.27. The highest BCUT2D eigenvalue weighted by atomic mass is 16.5. The summed E-state index contributed by atoms with van der Waals surface area (Å²) in [6.07, 6.45) is 5.96. The molecular formula is C21H26N6O2. The molecule has 1 saturated heterocycles. The van der Waals surface area contributed by atoms with Gasteiger partial charge in [-0.1, -0.05) is 6.07 Å². The number of nitrogens with two attached hydrogens (primary N) is 1. The van der Waals surface area contributed by atoms with Crippen LogP contribution < -0.4 is 20.3 Å². The summed E-state index contributed by atoms with van der Waals surface area (Å²) < 4.78 is 4.90. The van der Waals surface area contributed by atoms with Crippen molar-refractivity contribution in [2.45, 2.75) is 0 Å². The first-order valence-corrected chi connectivity index (χ1v) is 9.27. The molecule has 0 radical (unpaired) electrons. The first-order chi connectivity index (χ1) is 14.2. The van der Waals surface area contributed by atoms with Crippen LogP contribution in [0.25, 0.3) is 0 Å². The van der Waals surface area contributed by atoms with E-state index >= 15 is 0 Å². The molecule has 8 heteroatoms. The Labute approximate surface area is 171 Å². The Balaban J connectivity index is 0.000000249. The van der Waals surface area contributed by atoms with Crippen LogP contribution in [0.3, 0.4) is 0 Å². The molecule has 8 nitrogen and oxygen atoms in total. The lowest BCUT2D eigenvalue weighted by Crippen LogP contribution is -2.47. The van der Waals surface area contributed by atoms with Crippen molar-refractivity contribution in [1.29, 1.82) is 0 Å². The van der Waals surface area contributed by atoms with Crippen LogP contribution in [0.5, 0.6) is 5.75 Å². The highest BCUT2D eigenvalue weighted by molar-refractivity contribution is 5.74. The molecule has 152 valence electrons. The lowest BCUT2D eigenvalue weighted by atomic mass is 10.2. The van der Waals surface area contributed by atoms with Crippen molar-refractivity contribution < 1.29 is 11.0 Å². The number of hydrogen-bond acceptors (Lipinski definition) is 8. The second-order valence-electron chi connectivity index (χ2n) is 6.35. The maximum atomic E-state index is 10.2. The van der Waals surface area contributed by atoms with Gasteiger partial charge in [0, 0.05) is 39.4 Å². The number of hydrogen-bond donors (Lipinski definition) is 1. The van der Waals surface area contributed by atoms with E-state index in [1.54, 1.807) is 43.8 Å². The lowest BCUT2D eigenvalue weighted by molar-refractivity contribution is 0.112. The standard InChI is InChI=1S/C13H16N6.C8H8O2.H2/c14-11-9-17-13(10-16-11)19-7-5-18(6-8-19)12-3-1-2-4-15-12;1-10-8-4-2-7(6-9)3-5-8;/h1-4,9-10H,5-8H2,(H2,14,16);2-6H,1H3;1H. The highest BCUT2D eigenvalue weighted by Gasteiger charge is 2.18. The van der Waals surface area contributed by atoms with Crippen molar-refractivity contribution in [3.05, 3.63) is 66.6 Å². The van der Waals surface area contributed by atoms with E-state index in [1.807, 2.05) is 24.4 Å². The molecule has 0 atom stereocenters. The molecule has 2 N–H and O–H groups in total. The summed E-state index contributed by atoms with van der Waals surface area (Å²) in [5, 5.41) is 0. The third-order valence-electron chi connectivity index (χ3n) is 4.49. The van der Waals surface area contributed by atoms with Gasteiger partial charge in [-0.3, -0.25) is 4.79 Å². The Kier molecular flexibility index (Phi) is 6.94. The van der Waals surface area contributed by atoms with Gasteiger partial charge < -0.3 is 20.3 Å². The Morgan fingerprint density at radius 1 is 0.931 bits per heavy atom. The Hall–Kier alpha value is -3.68. The molecule has 3 heterocycles. The van der Waals surface area contributed by atoms with Gasteiger partial charge in [-0.2, -0.15) is 0 Å². The van der Waals surface area contributed by atoms with E-state index < -0.39 is 0 Å². The molecular weight excluding hydrogens is 368 g/mol. The largest absolute Gasteiger partial charge is 0.497 e. The number of aromatic nitrogens is 3. The van der Waals surface area contributed by atoms with Crippen LogP contribution in [0.4, 0.5) is 17.5 Å². The summed E-state index contributed by atoms with van der Waals surface area (Å²) in [6.45, 7) is 3.69. The average molecular weight is 394 g/mol. The molecule has 0 unspecified atom stereocenters. The van der Waals surface area contributed by atoms with Crippen molar-refractivity contribution in [2.24, 2.45) is 0 Å². The predicted octanol–water partition coefficient (Wildman–Crippen LogP) is 2.53. The van der Waals surface area contributed by atoms with Crippen molar-refractivity contribution in [3.8, 4) is 5.75 Å². The van der Waals surface area contributed by atoms with Crippen molar-refractivity contribution in [3.63, 3.8) is 0 Å². The average Bonchev–Trinajstić information content (AvgIpc) is 2.81. The highest BCUT2D eigenvalue weighted by Crippen LogP contribution is 2.16. The van der Waals surface area contributed by atoms with E-state index in [0.29, 0.717) is 11.4 Å². The van der Waals surface area contributed by atoms with E-state index in [0.717, 1.165) is 49.9 Å². The third-order valence-corrected chi connectivity index (χ3v) is 4.49. The molecule has 1 aliphatic rings. The summed E-state index contributed by atoms with van der Waals surface area (Å²) >= 11 is 0. The Morgan fingerprint density at radius 2 is 1.62 bits per heavy atom. The Morgan fingerprint density at radius 3 is 2.14 bits per heavy atom. The molecule has 29 heavy (non-hydrogen) atoms. The summed E-state index contributed by atoms with van der Waals surface area (Å²) in [4.78, 5) is 27.4. The zero-order valence-electron chi connectivity index (χ0n) is 16.3.